The van der Waals surface area contributed by atoms with Crippen molar-refractivity contribution >= 4 is 15.9 Å². The highest BCUT2D eigenvalue weighted by atomic mass is 79.9. The van der Waals surface area contributed by atoms with E-state index >= 15 is 0 Å². The van der Waals surface area contributed by atoms with Gasteiger partial charge in [-0.15, -0.1) is 0 Å². The van der Waals surface area contributed by atoms with E-state index in [4.69, 9.17) is 0 Å². The minimum absolute atomic E-state index is 0.504. The van der Waals surface area contributed by atoms with E-state index in [0.29, 0.717) is 15.9 Å². The van der Waals surface area contributed by atoms with Gasteiger partial charge in [-0.1, -0.05) is 12.8 Å². The van der Waals surface area contributed by atoms with E-state index in [-0.39, 0.29) is 0 Å². The molecule has 0 fully saturated rings. The summed E-state index contributed by atoms with van der Waals surface area (Å²) in [4.78, 5) is -6.35. The van der Waals surface area contributed by atoms with Crippen LogP contribution in [0.2, 0.25) is 0 Å². The first-order valence-corrected chi connectivity index (χ1v) is 8.90. The van der Waals surface area contributed by atoms with Gasteiger partial charge < -0.3 is 0 Å². The third-order valence-corrected chi connectivity index (χ3v) is 4.59. The highest BCUT2D eigenvalue weighted by molar-refractivity contribution is 9.10. The molecule has 0 rings (SSSR count). The smallest absolute Gasteiger partial charge is 0.200 e. The summed E-state index contributed by atoms with van der Waals surface area (Å²) < 4.78 is 221. The van der Waals surface area contributed by atoms with Crippen molar-refractivity contribution in [3.8, 4) is 0 Å². The van der Waals surface area contributed by atoms with Crippen LogP contribution in [-0.2, 0) is 0 Å². The Kier molecular flexibility index (Phi) is 8.95. The molecule has 0 N–H and O–H groups in total. The fourth-order valence-electron chi connectivity index (χ4n) is 2.18. The van der Waals surface area contributed by atoms with E-state index in [2.05, 4.69) is 0 Å². The van der Waals surface area contributed by atoms with Crippen LogP contribution in [0.15, 0.2) is 0 Å². The molecule has 0 aliphatic rings. The summed E-state index contributed by atoms with van der Waals surface area (Å²) in [5.41, 5.74) is 0. The molecule has 0 aliphatic heterocycles. The average Bonchev–Trinajstić information content (AvgIpc) is 2.55. The molecule has 0 aliphatic carbocycles. The van der Waals surface area contributed by atoms with Crippen LogP contribution in [-0.4, -0.2) is 46.5 Å². The van der Waals surface area contributed by atoms with E-state index in [1.54, 1.807) is 0 Å². The predicted octanol–water partition coefficient (Wildman–Crippen LogP) is 8.69. The van der Waals surface area contributed by atoms with Gasteiger partial charge in [-0.3, -0.25) is 0 Å². The Labute approximate surface area is 176 Å². The minimum Gasteiger partial charge on any atom is -0.200 e. The fraction of sp³-hybridized carbons (Fsp3) is 1.00. The summed E-state index contributed by atoms with van der Waals surface area (Å²) in [6, 6.07) is 0. The molecule has 0 radical (unpaired) electrons. The third kappa shape index (κ3) is 5.67. The first-order valence-electron chi connectivity index (χ1n) is 8.11. The Morgan fingerprint density at radius 3 is 1.03 bits per heavy atom. The lowest BCUT2D eigenvalue weighted by molar-refractivity contribution is -0.434. The number of hydrogen-bond acceptors (Lipinski definition) is 0. The second-order valence-electron chi connectivity index (χ2n) is 6.60. The zero-order valence-corrected chi connectivity index (χ0v) is 16.6. The zero-order valence-electron chi connectivity index (χ0n) is 15.0. The Hall–Kier alpha value is -0.710. The summed E-state index contributed by atoms with van der Waals surface area (Å²) in [5, 5.41) is 0. The van der Waals surface area contributed by atoms with Crippen molar-refractivity contribution in [3.63, 3.8) is 0 Å². The first-order chi connectivity index (χ1) is 13.7. The second kappa shape index (κ2) is 9.15. The Morgan fingerprint density at radius 2 is 0.688 bits per heavy atom. The molecule has 0 saturated carbocycles. The molecule has 0 spiro atoms. The van der Waals surface area contributed by atoms with Gasteiger partial charge in [0.1, 0.15) is 0 Å². The predicted molar refractivity (Wildman–Crippen MR) is 77.3 cm³/mol. The van der Waals surface area contributed by atoms with E-state index in [1.807, 2.05) is 0 Å². The molecule has 0 nitrogen and oxygen atoms in total. The van der Waals surface area contributed by atoms with Crippen LogP contribution in [0.5, 0.6) is 0 Å². The first kappa shape index (κ1) is 31.3. The summed E-state index contributed by atoms with van der Waals surface area (Å²) in [6.45, 7) is 0. The molecular formula is C14H12BrF17. The quantitative estimate of drug-likeness (QED) is 0.123. The molecule has 32 heavy (non-hydrogen) atoms. The van der Waals surface area contributed by atoms with E-state index in [9.17, 15) is 74.6 Å². The van der Waals surface area contributed by atoms with Crippen molar-refractivity contribution in [1.82, 2.24) is 0 Å². The molecule has 0 saturated heterocycles. The normalized spacial score (nSPS) is 15.9. The van der Waals surface area contributed by atoms with Gasteiger partial charge >= 0.3 is 46.5 Å². The van der Waals surface area contributed by atoms with E-state index < -0.39 is 85.1 Å². The molecular weight excluding hydrogens is 571 g/mol. The van der Waals surface area contributed by atoms with Crippen LogP contribution >= 0.6 is 15.9 Å². The number of hydrogen-bond donors (Lipinski definition) is 0. The van der Waals surface area contributed by atoms with E-state index in [1.165, 1.54) is 0 Å². The average molecular weight is 583 g/mol. The van der Waals surface area contributed by atoms with Gasteiger partial charge in [-0.05, 0) is 28.8 Å². The van der Waals surface area contributed by atoms with Crippen LogP contribution in [0.25, 0.3) is 0 Å². The zero-order chi connectivity index (χ0) is 26.2. The van der Waals surface area contributed by atoms with Gasteiger partial charge in [0, 0.05) is 12.8 Å². The minimum atomic E-state index is -8.12. The number of unbranched alkanes of at least 4 members (excludes halogenated alkanes) is 3. The van der Waals surface area contributed by atoms with Crippen molar-refractivity contribution in [2.24, 2.45) is 0 Å². The largest absolute Gasteiger partial charge is 0.389 e. The summed E-state index contributed by atoms with van der Waals surface area (Å²) in [7, 11) is 0. The van der Waals surface area contributed by atoms with Gasteiger partial charge in [0.15, 0.2) is 0 Å². The van der Waals surface area contributed by atoms with Crippen molar-refractivity contribution < 1.29 is 74.6 Å². The van der Waals surface area contributed by atoms with Crippen molar-refractivity contribution in [1.29, 1.82) is 0 Å². The van der Waals surface area contributed by atoms with Crippen LogP contribution in [0.4, 0.5) is 74.6 Å². The van der Waals surface area contributed by atoms with Gasteiger partial charge in [-0.25, -0.2) is 0 Å². The highest BCUT2D eigenvalue weighted by Gasteiger charge is 2.92. The van der Waals surface area contributed by atoms with Crippen molar-refractivity contribution in [2.45, 2.75) is 85.1 Å². The van der Waals surface area contributed by atoms with E-state index in [0.717, 1.165) is 0 Å². The SMILES string of the molecule is FC(F)(F)CCCCCCC(F)(F)C(F)(F)C(F)(F)C(F)(F)C(F)(F)C(F)(F)C(F)(F)Br. The number of rotatable bonds is 12. The molecule has 0 aromatic heterocycles. The van der Waals surface area contributed by atoms with Gasteiger partial charge in [0.2, 0.25) is 0 Å². The molecule has 0 amide bonds. The molecule has 0 unspecified atom stereocenters. The summed E-state index contributed by atoms with van der Waals surface area (Å²) >= 11 is 0.504. The Balaban J connectivity index is 5.68. The maximum absolute atomic E-state index is 13.5. The molecule has 0 bridgehead atoms. The fourth-order valence-corrected chi connectivity index (χ4v) is 2.43. The Bertz CT molecular complexity index is 616. The number of alkyl halides is 18. The molecule has 0 heterocycles. The maximum Gasteiger partial charge on any atom is 0.389 e. The van der Waals surface area contributed by atoms with Gasteiger partial charge in [0.25, 0.3) is 0 Å². The topological polar surface area (TPSA) is 0 Å². The van der Waals surface area contributed by atoms with Crippen LogP contribution < -0.4 is 0 Å². The number of halogens is 18. The summed E-state index contributed by atoms with van der Waals surface area (Å²) in [5.74, 6) is -45.3. The molecule has 0 aromatic rings. The molecule has 0 atom stereocenters. The molecule has 18 heteroatoms. The Morgan fingerprint density at radius 1 is 0.375 bits per heavy atom. The van der Waals surface area contributed by atoms with Crippen molar-refractivity contribution in [2.75, 3.05) is 0 Å². The van der Waals surface area contributed by atoms with Crippen LogP contribution in [0, 0.1) is 0 Å². The molecule has 0 aromatic carbocycles. The standard InChI is InChI=1S/C14H12BrF17/c15-14(31,32)13(29,30)12(27,28)11(25,26)10(23,24)9(21,22)7(16,17)5-3-1-2-4-6-8(18,19)20/h1-6H2. The summed E-state index contributed by atoms with van der Waals surface area (Å²) in [6.07, 6.45) is -11.8. The highest BCUT2D eigenvalue weighted by Crippen LogP contribution is 2.63. The van der Waals surface area contributed by atoms with Gasteiger partial charge in [0.05, 0.1) is 0 Å². The van der Waals surface area contributed by atoms with Crippen molar-refractivity contribution in [3.05, 3.63) is 0 Å². The lowest BCUT2D eigenvalue weighted by Gasteiger charge is -2.42. The lowest BCUT2D eigenvalue weighted by atomic mass is 9.89. The monoisotopic (exact) mass is 582 g/mol. The van der Waals surface area contributed by atoms with Gasteiger partial charge in [-0.2, -0.15) is 74.6 Å². The second-order valence-corrected chi connectivity index (χ2v) is 7.60. The van der Waals surface area contributed by atoms with Crippen LogP contribution in [0.3, 0.4) is 0 Å². The maximum atomic E-state index is 13.5. The lowest BCUT2D eigenvalue weighted by Crippen LogP contribution is -2.72. The molecule has 194 valence electrons. The third-order valence-electron chi connectivity index (χ3n) is 4.09. The van der Waals surface area contributed by atoms with Crippen LogP contribution in [0.1, 0.15) is 38.5 Å².